The highest BCUT2D eigenvalue weighted by atomic mass is 14.9. The standard InChI is InChI=1S/C14H21N/c1-4-5-6-13-7-9-14(10-8-13)11-15-12(2)3/h5-10,12,15H,4,11H2,1-3H3/b6-5+. The van der Waals surface area contributed by atoms with Crippen molar-refractivity contribution in [3.05, 3.63) is 41.5 Å². The zero-order valence-electron chi connectivity index (χ0n) is 9.96. The maximum Gasteiger partial charge on any atom is 0.0207 e. The summed E-state index contributed by atoms with van der Waals surface area (Å²) in [5.74, 6) is 0. The fourth-order valence-electron chi connectivity index (χ4n) is 1.32. The molecule has 1 nitrogen and oxygen atoms in total. The van der Waals surface area contributed by atoms with Gasteiger partial charge < -0.3 is 5.32 Å². The van der Waals surface area contributed by atoms with Gasteiger partial charge in [0.1, 0.15) is 0 Å². The van der Waals surface area contributed by atoms with Gasteiger partial charge in [-0.25, -0.2) is 0 Å². The number of nitrogens with one attached hydrogen (secondary N) is 1. The molecule has 0 spiro atoms. The van der Waals surface area contributed by atoms with E-state index in [1.807, 2.05) is 0 Å². The van der Waals surface area contributed by atoms with Gasteiger partial charge in [-0.05, 0) is 17.5 Å². The summed E-state index contributed by atoms with van der Waals surface area (Å²) in [4.78, 5) is 0. The first-order chi connectivity index (χ1) is 7.22. The molecule has 0 saturated heterocycles. The lowest BCUT2D eigenvalue weighted by Gasteiger charge is -2.07. The summed E-state index contributed by atoms with van der Waals surface area (Å²) in [6.45, 7) is 7.43. The van der Waals surface area contributed by atoms with Gasteiger partial charge in [0, 0.05) is 12.6 Å². The fraction of sp³-hybridized carbons (Fsp3) is 0.429. The van der Waals surface area contributed by atoms with E-state index in [4.69, 9.17) is 0 Å². The van der Waals surface area contributed by atoms with Gasteiger partial charge in [-0.1, -0.05) is 57.2 Å². The molecular weight excluding hydrogens is 182 g/mol. The van der Waals surface area contributed by atoms with Crippen LogP contribution in [0.5, 0.6) is 0 Å². The fourth-order valence-corrected chi connectivity index (χ4v) is 1.32. The summed E-state index contributed by atoms with van der Waals surface area (Å²) < 4.78 is 0. The largest absolute Gasteiger partial charge is 0.310 e. The minimum absolute atomic E-state index is 0.546. The minimum atomic E-state index is 0.546. The molecule has 0 aromatic heterocycles. The molecule has 0 atom stereocenters. The number of allylic oxidation sites excluding steroid dienone is 1. The Bertz CT molecular complexity index is 296. The molecule has 0 bridgehead atoms. The first-order valence-electron chi connectivity index (χ1n) is 5.71. The summed E-state index contributed by atoms with van der Waals surface area (Å²) in [6, 6.07) is 9.26. The van der Waals surface area contributed by atoms with Crippen LogP contribution in [0.1, 0.15) is 38.3 Å². The first kappa shape index (κ1) is 12.0. The normalized spacial score (nSPS) is 11.5. The van der Waals surface area contributed by atoms with Crippen LogP contribution in [-0.2, 0) is 6.54 Å². The molecule has 0 fully saturated rings. The van der Waals surface area contributed by atoms with Crippen molar-refractivity contribution >= 4 is 6.08 Å². The predicted octanol–water partition coefficient (Wildman–Crippen LogP) is 3.61. The predicted molar refractivity (Wildman–Crippen MR) is 67.7 cm³/mol. The van der Waals surface area contributed by atoms with Crippen LogP contribution in [0.2, 0.25) is 0 Å². The monoisotopic (exact) mass is 203 g/mol. The van der Waals surface area contributed by atoms with Crippen LogP contribution in [-0.4, -0.2) is 6.04 Å². The molecule has 0 heterocycles. The second-order valence-electron chi connectivity index (χ2n) is 4.09. The Morgan fingerprint density at radius 2 is 1.87 bits per heavy atom. The Morgan fingerprint density at radius 1 is 1.20 bits per heavy atom. The van der Waals surface area contributed by atoms with Crippen LogP contribution in [0.15, 0.2) is 30.3 Å². The Balaban J connectivity index is 2.52. The average Bonchev–Trinajstić information content (AvgIpc) is 2.25. The van der Waals surface area contributed by atoms with E-state index in [1.165, 1.54) is 11.1 Å². The Kier molecular flexibility index (Phi) is 5.13. The molecule has 0 unspecified atom stereocenters. The van der Waals surface area contributed by atoms with Crippen molar-refractivity contribution in [2.45, 2.75) is 39.8 Å². The maximum atomic E-state index is 3.41. The molecule has 0 aliphatic heterocycles. The summed E-state index contributed by atoms with van der Waals surface area (Å²) in [5.41, 5.74) is 2.63. The highest BCUT2D eigenvalue weighted by molar-refractivity contribution is 5.49. The van der Waals surface area contributed by atoms with Crippen molar-refractivity contribution in [1.82, 2.24) is 5.32 Å². The number of hydrogen-bond acceptors (Lipinski definition) is 1. The van der Waals surface area contributed by atoms with Crippen LogP contribution in [0.25, 0.3) is 6.08 Å². The van der Waals surface area contributed by atoms with E-state index in [-0.39, 0.29) is 0 Å². The maximum absolute atomic E-state index is 3.41. The minimum Gasteiger partial charge on any atom is -0.310 e. The molecule has 1 rings (SSSR count). The van der Waals surface area contributed by atoms with Crippen molar-refractivity contribution in [1.29, 1.82) is 0 Å². The van der Waals surface area contributed by atoms with Gasteiger partial charge in [0.05, 0.1) is 0 Å². The van der Waals surface area contributed by atoms with E-state index < -0.39 is 0 Å². The lowest BCUT2D eigenvalue weighted by atomic mass is 10.1. The second kappa shape index (κ2) is 6.41. The van der Waals surface area contributed by atoms with E-state index in [0.717, 1.165) is 13.0 Å². The van der Waals surface area contributed by atoms with Gasteiger partial charge in [-0.3, -0.25) is 0 Å². The van der Waals surface area contributed by atoms with Crippen molar-refractivity contribution < 1.29 is 0 Å². The van der Waals surface area contributed by atoms with Crippen molar-refractivity contribution in [3.8, 4) is 0 Å². The van der Waals surface area contributed by atoms with Gasteiger partial charge in [0.15, 0.2) is 0 Å². The van der Waals surface area contributed by atoms with E-state index >= 15 is 0 Å². The summed E-state index contributed by atoms with van der Waals surface area (Å²) >= 11 is 0. The lowest BCUT2D eigenvalue weighted by Crippen LogP contribution is -2.21. The molecule has 0 aliphatic rings. The Hall–Kier alpha value is -1.08. The third-order valence-corrected chi connectivity index (χ3v) is 2.24. The summed E-state index contributed by atoms with van der Waals surface area (Å²) in [7, 11) is 0. The number of rotatable bonds is 5. The highest BCUT2D eigenvalue weighted by Gasteiger charge is 1.94. The molecule has 0 aliphatic carbocycles. The molecule has 1 aromatic carbocycles. The topological polar surface area (TPSA) is 12.0 Å². The van der Waals surface area contributed by atoms with Crippen molar-refractivity contribution in [2.24, 2.45) is 0 Å². The van der Waals surface area contributed by atoms with Crippen LogP contribution in [0, 0.1) is 0 Å². The highest BCUT2D eigenvalue weighted by Crippen LogP contribution is 2.06. The zero-order valence-corrected chi connectivity index (χ0v) is 9.96. The Morgan fingerprint density at radius 3 is 2.40 bits per heavy atom. The van der Waals surface area contributed by atoms with Crippen LogP contribution >= 0.6 is 0 Å². The number of benzene rings is 1. The van der Waals surface area contributed by atoms with Gasteiger partial charge in [-0.2, -0.15) is 0 Å². The number of hydrogen-bond donors (Lipinski definition) is 1. The zero-order chi connectivity index (χ0) is 11.1. The third-order valence-electron chi connectivity index (χ3n) is 2.24. The van der Waals surface area contributed by atoms with E-state index in [0.29, 0.717) is 6.04 Å². The molecule has 1 aromatic rings. The third kappa shape index (κ3) is 4.80. The van der Waals surface area contributed by atoms with Gasteiger partial charge in [-0.15, -0.1) is 0 Å². The molecule has 15 heavy (non-hydrogen) atoms. The molecule has 1 heteroatoms. The second-order valence-corrected chi connectivity index (χ2v) is 4.09. The van der Waals surface area contributed by atoms with Crippen molar-refractivity contribution in [2.75, 3.05) is 0 Å². The van der Waals surface area contributed by atoms with Crippen LogP contribution in [0.4, 0.5) is 0 Å². The first-order valence-corrected chi connectivity index (χ1v) is 5.71. The Labute approximate surface area is 93.2 Å². The molecule has 0 amide bonds. The molecule has 1 N–H and O–H groups in total. The SMILES string of the molecule is CC/C=C/c1ccc(CNC(C)C)cc1. The quantitative estimate of drug-likeness (QED) is 0.771. The van der Waals surface area contributed by atoms with Gasteiger partial charge in [0.25, 0.3) is 0 Å². The van der Waals surface area contributed by atoms with Crippen molar-refractivity contribution in [3.63, 3.8) is 0 Å². The van der Waals surface area contributed by atoms with Gasteiger partial charge in [0.2, 0.25) is 0 Å². The summed E-state index contributed by atoms with van der Waals surface area (Å²) in [6.07, 6.45) is 5.44. The van der Waals surface area contributed by atoms with E-state index in [9.17, 15) is 0 Å². The lowest BCUT2D eigenvalue weighted by molar-refractivity contribution is 0.589. The average molecular weight is 203 g/mol. The van der Waals surface area contributed by atoms with E-state index in [1.54, 1.807) is 0 Å². The smallest absolute Gasteiger partial charge is 0.0207 e. The molecule has 0 saturated carbocycles. The van der Waals surface area contributed by atoms with E-state index in [2.05, 4.69) is 62.5 Å². The summed E-state index contributed by atoms with van der Waals surface area (Å²) in [5, 5.41) is 3.41. The molecular formula is C14H21N. The van der Waals surface area contributed by atoms with Gasteiger partial charge >= 0.3 is 0 Å². The van der Waals surface area contributed by atoms with Crippen LogP contribution in [0.3, 0.4) is 0 Å². The van der Waals surface area contributed by atoms with Crippen LogP contribution < -0.4 is 5.32 Å². The molecule has 0 radical (unpaired) electrons. The molecule has 82 valence electrons.